The van der Waals surface area contributed by atoms with E-state index < -0.39 is 0 Å². The van der Waals surface area contributed by atoms with Gasteiger partial charge in [0.05, 0.1) is 25.0 Å². The molecule has 0 saturated carbocycles. The highest BCUT2D eigenvalue weighted by Crippen LogP contribution is 2.37. The Morgan fingerprint density at radius 1 is 0.354 bits per heavy atom. The Bertz CT molecular complexity index is 3570. The first kappa shape index (κ1) is 49.9. The van der Waals surface area contributed by atoms with Gasteiger partial charge < -0.3 is 38.5 Å². The van der Waals surface area contributed by atoms with E-state index >= 15 is 0 Å². The second kappa shape index (κ2) is 22.7. The van der Waals surface area contributed by atoms with Crippen LogP contribution in [0.25, 0.3) is 32.7 Å². The molecule has 0 unspecified atom stereocenters. The van der Waals surface area contributed by atoms with Crippen molar-refractivity contribution in [2.45, 2.75) is 47.0 Å². The monoisotopic (exact) mass is 1040 g/mol. The predicted octanol–water partition coefficient (Wildman–Crippen LogP) is 11.7. The van der Waals surface area contributed by atoms with Crippen molar-refractivity contribution in [2.75, 3.05) is 46.5 Å². The van der Waals surface area contributed by atoms with Gasteiger partial charge in [-0.1, -0.05) is 78.9 Å². The van der Waals surface area contributed by atoms with Gasteiger partial charge in [0.2, 0.25) is 5.95 Å². The summed E-state index contributed by atoms with van der Waals surface area (Å²) in [6.07, 6.45) is 12.5. The average Bonchev–Trinajstić information content (AvgIpc) is 3.52. The summed E-state index contributed by atoms with van der Waals surface area (Å²) in [6, 6.07) is 48.9. The maximum absolute atomic E-state index is 6.02. The molecule has 0 fully saturated rings. The van der Waals surface area contributed by atoms with Gasteiger partial charge in [-0.15, -0.1) is 0 Å². The van der Waals surface area contributed by atoms with E-state index in [0.717, 1.165) is 127 Å². The lowest BCUT2D eigenvalue weighted by molar-refractivity contribution is 0.287. The highest BCUT2D eigenvalue weighted by molar-refractivity contribution is 5.88. The maximum Gasteiger partial charge on any atom is 0.228 e. The molecule has 0 bridgehead atoms. The number of nitrogens with zero attached hydrogens (tertiary/aromatic N) is 12. The van der Waals surface area contributed by atoms with Gasteiger partial charge in [0, 0.05) is 111 Å². The largest absolute Gasteiger partial charge is 0.473 e. The molecular weight excluding hydrogens is 989 g/mol. The molecule has 11 aromatic rings. The number of aromatic nitrogens is 8. The molecule has 79 heavy (non-hydrogen) atoms. The third-order valence-electron chi connectivity index (χ3n) is 13.8. The highest BCUT2D eigenvalue weighted by atomic mass is 16.5. The molecule has 0 amide bonds. The minimum absolute atomic E-state index is 0.436. The SMILES string of the molecule is Cc1ccc2ccc3c(c2n1)OCN(c1ccccc1)C3.Cc1ccc2ccc3c(c2n1)OCN(c1cccnc1)C3.Cc1ccc2ccc3c(c2n1)OCN(c1ncccn1)C3.c1ccc(N2COc3ccncc3C2)nc1. The summed E-state index contributed by atoms with van der Waals surface area (Å²) in [7, 11) is 0. The summed E-state index contributed by atoms with van der Waals surface area (Å²) in [5, 5.41) is 3.35. The van der Waals surface area contributed by atoms with Gasteiger partial charge in [0.15, 0.2) is 44.2 Å². The van der Waals surface area contributed by atoms with Crippen molar-refractivity contribution in [3.05, 3.63) is 228 Å². The van der Waals surface area contributed by atoms with Crippen molar-refractivity contribution < 1.29 is 18.9 Å². The summed E-state index contributed by atoms with van der Waals surface area (Å²) >= 11 is 0. The molecule has 16 heteroatoms. The van der Waals surface area contributed by atoms with E-state index in [1.54, 1.807) is 31.0 Å². The Hall–Kier alpha value is -9.96. The molecule has 0 saturated heterocycles. The van der Waals surface area contributed by atoms with Crippen LogP contribution >= 0.6 is 0 Å². The highest BCUT2D eigenvalue weighted by Gasteiger charge is 2.24. The quantitative estimate of drug-likeness (QED) is 0.164. The van der Waals surface area contributed by atoms with E-state index in [1.807, 2.05) is 105 Å². The van der Waals surface area contributed by atoms with Gasteiger partial charge in [0.1, 0.15) is 28.1 Å². The molecule has 0 aliphatic carbocycles. The van der Waals surface area contributed by atoms with Crippen LogP contribution in [0, 0.1) is 20.8 Å². The Morgan fingerprint density at radius 3 is 1.39 bits per heavy atom. The van der Waals surface area contributed by atoms with Gasteiger partial charge in [-0.2, -0.15) is 0 Å². The molecule has 15 rings (SSSR count). The third kappa shape index (κ3) is 11.2. The second-order valence-corrected chi connectivity index (χ2v) is 19.4. The molecule has 392 valence electrons. The van der Waals surface area contributed by atoms with Crippen LogP contribution in [0.2, 0.25) is 0 Å². The van der Waals surface area contributed by atoms with E-state index in [2.05, 4.69) is 133 Å². The van der Waals surface area contributed by atoms with Gasteiger partial charge in [-0.3, -0.25) is 9.97 Å². The van der Waals surface area contributed by atoms with E-state index in [9.17, 15) is 0 Å². The number of hydrogen-bond acceptors (Lipinski definition) is 16. The van der Waals surface area contributed by atoms with Gasteiger partial charge >= 0.3 is 0 Å². The van der Waals surface area contributed by atoms with Crippen molar-refractivity contribution in [1.82, 2.24) is 39.9 Å². The minimum atomic E-state index is 0.436. The van der Waals surface area contributed by atoms with Crippen molar-refractivity contribution in [1.29, 1.82) is 0 Å². The van der Waals surface area contributed by atoms with Crippen LogP contribution in [-0.4, -0.2) is 66.8 Å². The van der Waals surface area contributed by atoms with E-state index in [0.29, 0.717) is 32.9 Å². The number of rotatable bonds is 4. The summed E-state index contributed by atoms with van der Waals surface area (Å²) < 4.78 is 23.6. The molecular formula is C63H56N12O4. The minimum Gasteiger partial charge on any atom is -0.473 e. The average molecular weight is 1050 g/mol. The molecule has 4 aliphatic rings. The lowest BCUT2D eigenvalue weighted by Gasteiger charge is -2.31. The lowest BCUT2D eigenvalue weighted by Crippen LogP contribution is -2.33. The fraction of sp³-hybridized carbons (Fsp3) is 0.175. The molecule has 0 N–H and O–H groups in total. The molecule has 0 atom stereocenters. The maximum atomic E-state index is 6.02. The predicted molar refractivity (Wildman–Crippen MR) is 307 cm³/mol. The zero-order chi connectivity index (χ0) is 53.5. The van der Waals surface area contributed by atoms with Crippen molar-refractivity contribution in [2.24, 2.45) is 0 Å². The molecule has 11 heterocycles. The number of anilines is 4. The first-order valence-corrected chi connectivity index (χ1v) is 26.1. The Kier molecular flexibility index (Phi) is 14.3. The van der Waals surface area contributed by atoms with Crippen LogP contribution < -0.4 is 38.5 Å². The number of fused-ring (bicyclic) bond motifs is 10. The smallest absolute Gasteiger partial charge is 0.228 e. The molecule has 0 radical (unpaired) electrons. The fourth-order valence-electron chi connectivity index (χ4n) is 9.80. The van der Waals surface area contributed by atoms with E-state index in [1.165, 1.54) is 11.3 Å². The first-order valence-electron chi connectivity index (χ1n) is 26.1. The van der Waals surface area contributed by atoms with E-state index in [4.69, 9.17) is 18.9 Å². The summed E-state index contributed by atoms with van der Waals surface area (Å²) in [5.74, 6) is 5.25. The second-order valence-electron chi connectivity index (χ2n) is 19.4. The van der Waals surface area contributed by atoms with Crippen LogP contribution in [0.4, 0.5) is 23.1 Å². The van der Waals surface area contributed by atoms with Crippen LogP contribution in [0.15, 0.2) is 189 Å². The number of aryl methyl sites for hydroxylation is 3. The molecule has 4 aliphatic heterocycles. The normalized spacial score (nSPS) is 13.9. The van der Waals surface area contributed by atoms with E-state index in [-0.39, 0.29) is 0 Å². The fourth-order valence-corrected chi connectivity index (χ4v) is 9.80. The van der Waals surface area contributed by atoms with Gasteiger partial charge in [-0.25, -0.2) is 29.9 Å². The summed E-state index contributed by atoms with van der Waals surface area (Å²) in [4.78, 5) is 43.5. The van der Waals surface area contributed by atoms with Crippen molar-refractivity contribution in [3.63, 3.8) is 0 Å². The van der Waals surface area contributed by atoms with Crippen molar-refractivity contribution >= 4 is 55.8 Å². The van der Waals surface area contributed by atoms with Crippen LogP contribution in [-0.2, 0) is 26.2 Å². The Labute approximate surface area is 457 Å². The number of para-hydroxylation sites is 1. The van der Waals surface area contributed by atoms with Crippen LogP contribution in [0.5, 0.6) is 23.0 Å². The summed E-state index contributed by atoms with van der Waals surface area (Å²) in [6.45, 7) is 11.2. The Balaban J connectivity index is 0.000000106. The number of benzene rings is 4. The van der Waals surface area contributed by atoms with Gasteiger partial charge in [0.25, 0.3) is 0 Å². The zero-order valence-corrected chi connectivity index (χ0v) is 44.1. The number of pyridine rings is 6. The first-order chi connectivity index (χ1) is 38.9. The van der Waals surface area contributed by atoms with Crippen LogP contribution in [0.3, 0.4) is 0 Å². The molecule has 16 nitrogen and oxygen atoms in total. The van der Waals surface area contributed by atoms with Gasteiger partial charge in [-0.05, 0) is 87.5 Å². The summed E-state index contributed by atoms with van der Waals surface area (Å²) in [5.41, 5.74) is 12.7. The molecule has 7 aromatic heterocycles. The molecule has 0 spiro atoms. The third-order valence-corrected chi connectivity index (χ3v) is 13.8. The van der Waals surface area contributed by atoms with Crippen LogP contribution in [0.1, 0.15) is 39.3 Å². The zero-order valence-electron chi connectivity index (χ0n) is 44.1. The Morgan fingerprint density at radius 2 is 0.835 bits per heavy atom. The standard InChI is InChI=1S/C18H16N2O.C17H15N3O.C16H14N4O.C12H11N3O/c1-13-7-8-14-9-10-15-11-20(16-5-3-2-4-6-16)12-21-18(15)17(14)19-13;1-12-4-5-13-6-7-14-10-20(15-3-2-8-18-9-15)11-21-17(14)16(13)19-12;1-11-3-4-12-5-6-13-9-20(16-17-7-2-8-18-16)10-21-15(13)14(12)19-11;1-2-5-14-12(3-1)15-8-10-7-13-6-4-11(10)16-9-15/h2-10H,11-12H2,1H3;2-9H,10-11H2,1H3;2-8H,9-10H2,1H3;1-7H,8-9H2. The molecule has 4 aromatic carbocycles. The number of ether oxygens (including phenoxy) is 4. The topological polar surface area (TPSA) is 153 Å². The number of hydrogen-bond donors (Lipinski definition) is 0. The lowest BCUT2D eigenvalue weighted by atomic mass is 10.1. The van der Waals surface area contributed by atoms with Crippen molar-refractivity contribution in [3.8, 4) is 23.0 Å².